The van der Waals surface area contributed by atoms with E-state index in [4.69, 9.17) is 16.7 Å². The molecule has 6 heteroatoms. The molecule has 0 saturated carbocycles. The maximum atomic E-state index is 8.51. The van der Waals surface area contributed by atoms with Gasteiger partial charge in [0.2, 0.25) is 0 Å². The van der Waals surface area contributed by atoms with Crippen LogP contribution in [0.5, 0.6) is 0 Å². The van der Waals surface area contributed by atoms with Crippen molar-refractivity contribution in [2.45, 2.75) is 12.2 Å². The number of thioether (sulfide) groups is 1. The molecule has 0 atom stereocenters. The highest BCUT2D eigenvalue weighted by atomic mass is 35.5. The van der Waals surface area contributed by atoms with Gasteiger partial charge in [-0.05, 0) is 12.2 Å². The summed E-state index contributed by atoms with van der Waals surface area (Å²) in [5, 5.41) is 12.4. The summed E-state index contributed by atoms with van der Waals surface area (Å²) in [6, 6.07) is 0. The van der Waals surface area contributed by atoms with Gasteiger partial charge in [0, 0.05) is 23.9 Å². The molecule has 0 unspecified atom stereocenters. The Morgan fingerprint density at radius 2 is 2.42 bits per heavy atom. The third-order valence-corrected chi connectivity index (χ3v) is 3.23. The second-order valence-electron chi connectivity index (χ2n) is 2.12. The van der Waals surface area contributed by atoms with Crippen LogP contribution in [0.4, 0.5) is 0 Å². The number of hydrogen-bond donors (Lipinski definition) is 1. The molecule has 68 valence electrons. The molecule has 12 heavy (non-hydrogen) atoms. The molecular weight excluding hydrogens is 216 g/mol. The van der Waals surface area contributed by atoms with Gasteiger partial charge in [-0.3, -0.25) is 0 Å². The van der Waals surface area contributed by atoms with Gasteiger partial charge in [0.15, 0.2) is 0 Å². The van der Waals surface area contributed by atoms with Gasteiger partial charge in [-0.15, -0.1) is 5.10 Å². The standard InChI is InChI=1S/C6H9ClN2OS2/c7-6-5(8-9-12-6)4-11-3-1-2-10/h10H,1-4H2. The van der Waals surface area contributed by atoms with Crippen LogP contribution >= 0.6 is 34.9 Å². The lowest BCUT2D eigenvalue weighted by Gasteiger charge is -1.95. The summed E-state index contributed by atoms with van der Waals surface area (Å²) in [6.45, 7) is 0.246. The number of hydrogen-bond acceptors (Lipinski definition) is 5. The zero-order valence-corrected chi connectivity index (χ0v) is 8.75. The van der Waals surface area contributed by atoms with Crippen molar-refractivity contribution in [3.63, 3.8) is 0 Å². The third-order valence-electron chi connectivity index (χ3n) is 1.19. The molecule has 1 N–H and O–H groups in total. The summed E-state index contributed by atoms with van der Waals surface area (Å²) < 4.78 is 4.39. The van der Waals surface area contributed by atoms with E-state index in [0.29, 0.717) is 4.34 Å². The van der Waals surface area contributed by atoms with Crippen LogP contribution in [0.25, 0.3) is 0 Å². The van der Waals surface area contributed by atoms with E-state index in [2.05, 4.69) is 9.59 Å². The van der Waals surface area contributed by atoms with Crippen molar-refractivity contribution < 1.29 is 5.11 Å². The van der Waals surface area contributed by atoms with Crippen LogP contribution in [0, 0.1) is 0 Å². The van der Waals surface area contributed by atoms with E-state index in [-0.39, 0.29) is 6.61 Å². The molecule has 0 bridgehead atoms. The van der Waals surface area contributed by atoms with Crippen molar-refractivity contribution in [3.8, 4) is 0 Å². The lowest BCUT2D eigenvalue weighted by Crippen LogP contribution is -1.88. The summed E-state index contributed by atoms with van der Waals surface area (Å²) >= 11 is 8.70. The van der Waals surface area contributed by atoms with Crippen LogP contribution in [-0.2, 0) is 5.75 Å². The molecular formula is C6H9ClN2OS2. The molecule has 0 aromatic carbocycles. The van der Waals surface area contributed by atoms with Crippen molar-refractivity contribution in [1.82, 2.24) is 9.59 Å². The first-order valence-corrected chi connectivity index (χ1v) is 5.80. The lowest BCUT2D eigenvalue weighted by atomic mass is 10.5. The number of halogens is 1. The second kappa shape index (κ2) is 5.75. The number of aliphatic hydroxyl groups is 1. The van der Waals surface area contributed by atoms with Crippen molar-refractivity contribution >= 4 is 34.9 Å². The van der Waals surface area contributed by atoms with Crippen LogP contribution < -0.4 is 0 Å². The zero-order chi connectivity index (χ0) is 8.81. The van der Waals surface area contributed by atoms with Gasteiger partial charge in [-0.2, -0.15) is 11.8 Å². The van der Waals surface area contributed by atoms with E-state index in [1.165, 1.54) is 11.5 Å². The molecule has 0 fully saturated rings. The van der Waals surface area contributed by atoms with E-state index in [1.807, 2.05) is 0 Å². The second-order valence-corrected chi connectivity index (χ2v) is 4.58. The third kappa shape index (κ3) is 3.26. The van der Waals surface area contributed by atoms with Crippen LogP contribution in [0.15, 0.2) is 0 Å². The van der Waals surface area contributed by atoms with E-state index in [1.54, 1.807) is 11.8 Å². The maximum absolute atomic E-state index is 8.51. The fourth-order valence-electron chi connectivity index (χ4n) is 0.619. The molecule has 0 amide bonds. The van der Waals surface area contributed by atoms with Gasteiger partial charge in [-0.1, -0.05) is 16.1 Å². The number of aromatic nitrogens is 2. The Morgan fingerprint density at radius 1 is 1.58 bits per heavy atom. The van der Waals surface area contributed by atoms with E-state index in [9.17, 15) is 0 Å². The minimum atomic E-state index is 0.246. The van der Waals surface area contributed by atoms with Gasteiger partial charge in [-0.25, -0.2) is 0 Å². The molecule has 1 rings (SSSR count). The fraction of sp³-hybridized carbons (Fsp3) is 0.667. The summed E-state index contributed by atoms with van der Waals surface area (Å²) in [5.74, 6) is 1.72. The molecule has 0 saturated heterocycles. The molecule has 0 aliphatic rings. The first kappa shape index (κ1) is 10.2. The molecule has 3 nitrogen and oxygen atoms in total. The van der Waals surface area contributed by atoms with E-state index < -0.39 is 0 Å². The molecule has 1 aromatic heterocycles. The maximum Gasteiger partial charge on any atom is 0.138 e. The van der Waals surface area contributed by atoms with Gasteiger partial charge in [0.25, 0.3) is 0 Å². The predicted octanol–water partition coefficient (Wildman–Crippen LogP) is 1.81. The zero-order valence-electron chi connectivity index (χ0n) is 6.36. The highest BCUT2D eigenvalue weighted by Gasteiger charge is 2.03. The minimum Gasteiger partial charge on any atom is -0.396 e. The quantitative estimate of drug-likeness (QED) is 0.775. The van der Waals surface area contributed by atoms with Gasteiger partial charge in [0.05, 0.1) is 0 Å². The lowest BCUT2D eigenvalue weighted by molar-refractivity contribution is 0.296. The van der Waals surface area contributed by atoms with Gasteiger partial charge < -0.3 is 5.11 Å². The molecule has 0 aliphatic carbocycles. The number of nitrogens with zero attached hydrogens (tertiary/aromatic N) is 2. The van der Waals surface area contributed by atoms with Crippen molar-refractivity contribution in [1.29, 1.82) is 0 Å². The summed E-state index contributed by atoms with van der Waals surface area (Å²) in [6.07, 6.45) is 0.819. The SMILES string of the molecule is OCCCSCc1nnsc1Cl. The average Bonchev–Trinajstić information content (AvgIpc) is 2.46. The summed E-state index contributed by atoms with van der Waals surface area (Å²) in [7, 11) is 0. The smallest absolute Gasteiger partial charge is 0.138 e. The predicted molar refractivity (Wildman–Crippen MR) is 52.8 cm³/mol. The normalized spacial score (nSPS) is 10.5. The fourth-order valence-corrected chi connectivity index (χ4v) is 2.29. The van der Waals surface area contributed by atoms with Crippen LogP contribution in [0.1, 0.15) is 12.1 Å². The Balaban J connectivity index is 2.20. The molecule has 0 radical (unpaired) electrons. The monoisotopic (exact) mass is 224 g/mol. The summed E-state index contributed by atoms with van der Waals surface area (Å²) in [4.78, 5) is 0. The van der Waals surface area contributed by atoms with Crippen molar-refractivity contribution in [2.24, 2.45) is 0 Å². The van der Waals surface area contributed by atoms with Crippen LogP contribution in [-0.4, -0.2) is 27.1 Å². The molecule has 1 aromatic rings. The van der Waals surface area contributed by atoms with E-state index in [0.717, 1.165) is 23.6 Å². The average molecular weight is 225 g/mol. The largest absolute Gasteiger partial charge is 0.396 e. The number of aliphatic hydroxyl groups excluding tert-OH is 1. The van der Waals surface area contributed by atoms with E-state index >= 15 is 0 Å². The Morgan fingerprint density at radius 3 is 3.00 bits per heavy atom. The Kier molecular flexibility index (Phi) is 4.90. The van der Waals surface area contributed by atoms with Crippen LogP contribution in [0.2, 0.25) is 4.34 Å². The van der Waals surface area contributed by atoms with Gasteiger partial charge >= 0.3 is 0 Å². The minimum absolute atomic E-state index is 0.246. The van der Waals surface area contributed by atoms with Gasteiger partial charge in [0.1, 0.15) is 10.0 Å². The molecule has 0 aliphatic heterocycles. The topological polar surface area (TPSA) is 46.0 Å². The van der Waals surface area contributed by atoms with Crippen molar-refractivity contribution in [3.05, 3.63) is 10.0 Å². The Labute approximate surface area is 84.3 Å². The molecule has 0 spiro atoms. The first-order valence-electron chi connectivity index (χ1n) is 3.50. The first-order chi connectivity index (χ1) is 5.84. The van der Waals surface area contributed by atoms with Crippen molar-refractivity contribution in [2.75, 3.05) is 12.4 Å². The summed E-state index contributed by atoms with van der Waals surface area (Å²) in [5.41, 5.74) is 0.851. The molecule has 1 heterocycles. The Hall–Kier alpha value is 0.160. The van der Waals surface area contributed by atoms with Crippen LogP contribution in [0.3, 0.4) is 0 Å². The highest BCUT2D eigenvalue weighted by molar-refractivity contribution is 7.98. The highest BCUT2D eigenvalue weighted by Crippen LogP contribution is 2.21. The Bertz CT molecular complexity index is 231. The number of rotatable bonds is 5.